The Balaban J connectivity index is 3.19. The minimum Gasteiger partial charge on any atom is -0.506 e. The molecule has 0 bridgehead atoms. The van der Waals surface area contributed by atoms with E-state index in [-0.39, 0.29) is 17.4 Å². The fraction of sp³-hybridized carbons (Fsp3) is 0.429. The monoisotopic (exact) mass is 265 g/mol. The Morgan fingerprint density at radius 2 is 2.05 bits per heavy atom. The molecule has 0 saturated carbocycles. The predicted molar refractivity (Wildman–Crippen MR) is 72.3 cm³/mol. The largest absolute Gasteiger partial charge is 0.506 e. The molecule has 1 aromatic carbocycles. The molecule has 1 rings (SSSR count). The van der Waals surface area contributed by atoms with Gasteiger partial charge in [0.15, 0.2) is 0 Å². The lowest BCUT2D eigenvalue weighted by atomic mass is 10.0. The van der Waals surface area contributed by atoms with Crippen molar-refractivity contribution in [2.45, 2.75) is 33.2 Å². The maximum Gasteiger partial charge on any atom is 0.326 e. The van der Waals surface area contributed by atoms with Crippen LogP contribution in [0.1, 0.15) is 25.8 Å². The summed E-state index contributed by atoms with van der Waals surface area (Å²) in [7, 11) is 0. The Bertz CT molecular complexity index is 471. The number of aryl methyl sites for hydroxylation is 1. The van der Waals surface area contributed by atoms with Gasteiger partial charge in [0, 0.05) is 0 Å². The van der Waals surface area contributed by atoms with Crippen molar-refractivity contribution in [3.8, 4) is 5.75 Å². The third-order valence-corrected chi connectivity index (χ3v) is 2.84. The number of aromatic hydroxyl groups is 1. The summed E-state index contributed by atoms with van der Waals surface area (Å²) in [5.74, 6) is -1.06. The molecule has 0 aliphatic heterocycles. The van der Waals surface area contributed by atoms with Gasteiger partial charge in [0.2, 0.25) is 6.41 Å². The zero-order chi connectivity index (χ0) is 14.6. The normalized spacial score (nSPS) is 12.2. The minimum atomic E-state index is -1.08. The van der Waals surface area contributed by atoms with Crippen molar-refractivity contribution in [3.63, 3.8) is 0 Å². The molecule has 0 heterocycles. The molecule has 1 unspecified atom stereocenters. The van der Waals surface area contributed by atoms with Crippen LogP contribution in [0.25, 0.3) is 0 Å². The highest BCUT2D eigenvalue weighted by Gasteiger charge is 2.28. The average molecular weight is 265 g/mol. The number of carbonyl (C=O) groups is 2. The number of phenols is 1. The predicted octanol–water partition coefficient (Wildman–Crippen LogP) is 2.16. The first-order chi connectivity index (χ1) is 8.86. The summed E-state index contributed by atoms with van der Waals surface area (Å²) >= 11 is 0. The maximum absolute atomic E-state index is 11.3. The van der Waals surface area contributed by atoms with E-state index >= 15 is 0 Å². The smallest absolute Gasteiger partial charge is 0.326 e. The molecule has 0 aliphatic carbocycles. The van der Waals surface area contributed by atoms with Crippen LogP contribution in [0.15, 0.2) is 18.2 Å². The highest BCUT2D eigenvalue weighted by atomic mass is 16.4. The highest BCUT2D eigenvalue weighted by Crippen LogP contribution is 2.30. The summed E-state index contributed by atoms with van der Waals surface area (Å²) < 4.78 is 0. The number of carboxylic acids is 1. The van der Waals surface area contributed by atoms with E-state index in [0.29, 0.717) is 12.8 Å². The molecule has 104 valence electrons. The first-order valence-corrected chi connectivity index (χ1v) is 6.12. The number of amides is 1. The molecule has 5 nitrogen and oxygen atoms in total. The van der Waals surface area contributed by atoms with Crippen molar-refractivity contribution in [1.82, 2.24) is 0 Å². The van der Waals surface area contributed by atoms with Gasteiger partial charge in [-0.1, -0.05) is 19.9 Å². The second kappa shape index (κ2) is 6.22. The zero-order valence-electron chi connectivity index (χ0n) is 11.3. The SMILES string of the molecule is Cc1ccc(O)c(N(C=O)C(CC(C)C)C(=O)O)c1. The van der Waals surface area contributed by atoms with Crippen LogP contribution in [-0.4, -0.2) is 28.6 Å². The van der Waals surface area contributed by atoms with Gasteiger partial charge in [-0.25, -0.2) is 4.79 Å². The Kier molecular flexibility index (Phi) is 4.92. The van der Waals surface area contributed by atoms with E-state index in [1.54, 1.807) is 12.1 Å². The first kappa shape index (κ1) is 15.0. The summed E-state index contributed by atoms with van der Waals surface area (Å²) in [6.45, 7) is 5.58. The van der Waals surface area contributed by atoms with Crippen LogP contribution >= 0.6 is 0 Å². The number of phenolic OH excluding ortho intramolecular Hbond substituents is 1. The van der Waals surface area contributed by atoms with Crippen LogP contribution in [0.3, 0.4) is 0 Å². The van der Waals surface area contributed by atoms with E-state index < -0.39 is 12.0 Å². The number of hydrogen-bond donors (Lipinski definition) is 2. The highest BCUT2D eigenvalue weighted by molar-refractivity contribution is 5.89. The standard InChI is InChI=1S/C14H19NO4/c1-9(2)6-12(14(18)19)15(8-16)11-7-10(3)4-5-13(11)17/h4-5,7-9,12,17H,6H2,1-3H3,(H,18,19). The number of hydrogen-bond acceptors (Lipinski definition) is 3. The Morgan fingerprint density at radius 3 is 2.53 bits per heavy atom. The van der Waals surface area contributed by atoms with Gasteiger partial charge >= 0.3 is 5.97 Å². The summed E-state index contributed by atoms with van der Waals surface area (Å²) in [5.41, 5.74) is 1.07. The van der Waals surface area contributed by atoms with Crippen molar-refractivity contribution in [3.05, 3.63) is 23.8 Å². The number of carboxylic acid groups (broad SMARTS) is 1. The molecule has 1 atom stereocenters. The molecule has 1 amide bonds. The number of benzene rings is 1. The van der Waals surface area contributed by atoms with E-state index in [1.165, 1.54) is 6.07 Å². The molecule has 0 spiro atoms. The number of nitrogens with zero attached hydrogens (tertiary/aromatic N) is 1. The molecule has 0 fully saturated rings. The fourth-order valence-electron chi connectivity index (χ4n) is 1.92. The van der Waals surface area contributed by atoms with E-state index in [4.69, 9.17) is 0 Å². The van der Waals surface area contributed by atoms with Crippen LogP contribution in [0, 0.1) is 12.8 Å². The lowest BCUT2D eigenvalue weighted by Crippen LogP contribution is -2.41. The first-order valence-electron chi connectivity index (χ1n) is 6.12. The molecule has 0 saturated heterocycles. The number of carbonyl (C=O) groups excluding carboxylic acids is 1. The molecule has 1 aromatic rings. The van der Waals surface area contributed by atoms with Crippen LogP contribution in [-0.2, 0) is 9.59 Å². The summed E-state index contributed by atoms with van der Waals surface area (Å²) in [6, 6.07) is 3.76. The van der Waals surface area contributed by atoms with Crippen molar-refractivity contribution in [2.75, 3.05) is 4.90 Å². The van der Waals surface area contributed by atoms with Crippen LogP contribution < -0.4 is 4.90 Å². The third kappa shape index (κ3) is 3.71. The summed E-state index contributed by atoms with van der Waals surface area (Å²) in [4.78, 5) is 23.6. The van der Waals surface area contributed by atoms with E-state index in [2.05, 4.69) is 0 Å². The molecule has 2 N–H and O–H groups in total. The molecule has 5 heteroatoms. The van der Waals surface area contributed by atoms with Crippen LogP contribution in [0.5, 0.6) is 5.75 Å². The van der Waals surface area contributed by atoms with Gasteiger partial charge in [0.1, 0.15) is 11.8 Å². The number of aliphatic carboxylic acids is 1. The Labute approximate surface area is 112 Å². The molecular formula is C14H19NO4. The molecule has 0 aromatic heterocycles. The van der Waals surface area contributed by atoms with Crippen molar-refractivity contribution in [1.29, 1.82) is 0 Å². The van der Waals surface area contributed by atoms with Gasteiger partial charge < -0.3 is 10.2 Å². The van der Waals surface area contributed by atoms with Gasteiger partial charge in [0.05, 0.1) is 5.69 Å². The molecule has 0 radical (unpaired) electrons. The topological polar surface area (TPSA) is 77.8 Å². The van der Waals surface area contributed by atoms with Gasteiger partial charge in [-0.3, -0.25) is 9.69 Å². The number of rotatable bonds is 6. The molecule has 0 aliphatic rings. The van der Waals surface area contributed by atoms with Gasteiger partial charge in [0.25, 0.3) is 0 Å². The van der Waals surface area contributed by atoms with Gasteiger partial charge in [-0.15, -0.1) is 0 Å². The number of anilines is 1. The fourth-order valence-corrected chi connectivity index (χ4v) is 1.92. The Hall–Kier alpha value is -2.04. The zero-order valence-corrected chi connectivity index (χ0v) is 11.3. The van der Waals surface area contributed by atoms with Gasteiger partial charge in [-0.2, -0.15) is 0 Å². The van der Waals surface area contributed by atoms with Gasteiger partial charge in [-0.05, 0) is 37.0 Å². The Morgan fingerprint density at radius 1 is 1.42 bits per heavy atom. The van der Waals surface area contributed by atoms with Crippen LogP contribution in [0.2, 0.25) is 0 Å². The summed E-state index contributed by atoms with van der Waals surface area (Å²) in [6.07, 6.45) is 0.775. The summed E-state index contributed by atoms with van der Waals surface area (Å²) in [5, 5.41) is 19.1. The minimum absolute atomic E-state index is 0.104. The molecular weight excluding hydrogens is 246 g/mol. The van der Waals surface area contributed by atoms with E-state index in [1.807, 2.05) is 20.8 Å². The van der Waals surface area contributed by atoms with Crippen molar-refractivity contribution < 1.29 is 19.8 Å². The second-order valence-corrected chi connectivity index (χ2v) is 4.99. The quantitative estimate of drug-likeness (QED) is 0.773. The van der Waals surface area contributed by atoms with E-state index in [0.717, 1.165) is 10.5 Å². The van der Waals surface area contributed by atoms with E-state index in [9.17, 15) is 19.8 Å². The average Bonchev–Trinajstić information content (AvgIpc) is 2.32. The lowest BCUT2D eigenvalue weighted by Gasteiger charge is -2.27. The second-order valence-electron chi connectivity index (χ2n) is 4.99. The van der Waals surface area contributed by atoms with Crippen molar-refractivity contribution in [2.24, 2.45) is 5.92 Å². The lowest BCUT2D eigenvalue weighted by molar-refractivity contribution is -0.139. The third-order valence-electron chi connectivity index (χ3n) is 2.84. The van der Waals surface area contributed by atoms with Crippen LogP contribution in [0.4, 0.5) is 5.69 Å². The van der Waals surface area contributed by atoms with Crippen molar-refractivity contribution >= 4 is 18.1 Å². The molecule has 19 heavy (non-hydrogen) atoms. The maximum atomic E-state index is 11.3.